The Balaban J connectivity index is 2.20. The van der Waals surface area contributed by atoms with Crippen molar-refractivity contribution < 1.29 is 4.74 Å². The van der Waals surface area contributed by atoms with Crippen molar-refractivity contribution in [2.75, 3.05) is 26.8 Å². The number of hydrogen-bond acceptors (Lipinski definition) is 3. The van der Waals surface area contributed by atoms with Crippen LogP contribution < -0.4 is 11.3 Å². The Morgan fingerprint density at radius 2 is 2.33 bits per heavy atom. The maximum atomic E-state index is 5.43. The molecule has 1 rings (SSSR count). The number of hydrogen-bond donors (Lipinski definition) is 2. The van der Waals surface area contributed by atoms with Crippen LogP contribution in [-0.2, 0) is 4.74 Å². The van der Waals surface area contributed by atoms with Gasteiger partial charge in [0.2, 0.25) is 5.96 Å². The van der Waals surface area contributed by atoms with Crippen molar-refractivity contribution in [1.82, 2.24) is 10.3 Å². The van der Waals surface area contributed by atoms with Crippen LogP contribution >= 0.6 is 0 Å². The van der Waals surface area contributed by atoms with Crippen molar-refractivity contribution in [3.63, 3.8) is 0 Å². The van der Waals surface area contributed by atoms with E-state index in [1.807, 2.05) is 14.0 Å². The van der Waals surface area contributed by atoms with Gasteiger partial charge in [0.25, 0.3) is 0 Å². The summed E-state index contributed by atoms with van der Waals surface area (Å²) in [4.78, 5) is 6.51. The van der Waals surface area contributed by atoms with Gasteiger partial charge in [-0.3, -0.25) is 10.4 Å². The van der Waals surface area contributed by atoms with Crippen molar-refractivity contribution in [2.45, 2.75) is 32.2 Å². The first-order valence-electron chi connectivity index (χ1n) is 5.61. The van der Waals surface area contributed by atoms with Crippen molar-refractivity contribution in [1.29, 1.82) is 0 Å². The van der Waals surface area contributed by atoms with Crippen molar-refractivity contribution >= 4 is 5.96 Å². The number of nitrogens with two attached hydrogens (primary N) is 1. The van der Waals surface area contributed by atoms with Crippen LogP contribution in [0.5, 0.6) is 0 Å². The molecule has 0 aromatic carbocycles. The van der Waals surface area contributed by atoms with E-state index >= 15 is 0 Å². The average molecular weight is 214 g/mol. The number of hydrazine groups is 1. The van der Waals surface area contributed by atoms with Crippen molar-refractivity contribution in [2.24, 2.45) is 10.8 Å². The molecule has 0 saturated heterocycles. The molecule has 0 bridgehead atoms. The largest absolute Gasteiger partial charge is 0.382 e. The quantitative estimate of drug-likeness (QED) is 0.220. The highest BCUT2D eigenvalue weighted by atomic mass is 16.5. The van der Waals surface area contributed by atoms with Crippen LogP contribution in [0, 0.1) is 0 Å². The lowest BCUT2D eigenvalue weighted by atomic mass is 10.4. The number of rotatable bonds is 6. The van der Waals surface area contributed by atoms with Crippen LogP contribution in [0.15, 0.2) is 4.99 Å². The standard InChI is InChI=1S/C10H22N4O/c1-3-15-8-4-7-12-10(13-11)14(2)9-5-6-9/h9H,3-8,11H2,1-2H3,(H,12,13). The smallest absolute Gasteiger partial charge is 0.208 e. The molecule has 0 radical (unpaired) electrons. The zero-order valence-electron chi connectivity index (χ0n) is 9.70. The van der Waals surface area contributed by atoms with E-state index in [-0.39, 0.29) is 0 Å². The van der Waals surface area contributed by atoms with Gasteiger partial charge < -0.3 is 9.64 Å². The molecular weight excluding hydrogens is 192 g/mol. The molecule has 3 N–H and O–H groups in total. The van der Waals surface area contributed by atoms with E-state index in [0.29, 0.717) is 6.04 Å². The van der Waals surface area contributed by atoms with Gasteiger partial charge in [-0.05, 0) is 26.2 Å². The molecular formula is C10H22N4O. The molecule has 5 nitrogen and oxygen atoms in total. The second-order valence-corrected chi connectivity index (χ2v) is 3.74. The van der Waals surface area contributed by atoms with Gasteiger partial charge in [0.1, 0.15) is 0 Å². The van der Waals surface area contributed by atoms with Gasteiger partial charge in [0, 0.05) is 32.8 Å². The normalized spacial score (nSPS) is 16.6. The fourth-order valence-corrected chi connectivity index (χ4v) is 1.39. The van der Waals surface area contributed by atoms with Crippen molar-refractivity contribution in [3.05, 3.63) is 0 Å². The summed E-state index contributed by atoms with van der Waals surface area (Å²) < 4.78 is 5.23. The van der Waals surface area contributed by atoms with E-state index in [1.54, 1.807) is 0 Å². The molecule has 0 atom stereocenters. The molecule has 0 aliphatic heterocycles. The molecule has 0 heterocycles. The molecule has 0 unspecified atom stereocenters. The monoisotopic (exact) mass is 214 g/mol. The minimum Gasteiger partial charge on any atom is -0.382 e. The molecule has 88 valence electrons. The zero-order valence-corrected chi connectivity index (χ0v) is 9.70. The molecule has 0 amide bonds. The SMILES string of the molecule is CCOCCCN=C(NN)N(C)C1CC1. The van der Waals surface area contributed by atoms with Gasteiger partial charge in [-0.25, -0.2) is 5.84 Å². The summed E-state index contributed by atoms with van der Waals surface area (Å²) in [7, 11) is 2.03. The predicted octanol–water partition coefficient (Wildman–Crippen LogP) is 0.327. The summed E-state index contributed by atoms with van der Waals surface area (Å²) >= 11 is 0. The zero-order chi connectivity index (χ0) is 11.1. The summed E-state index contributed by atoms with van der Waals surface area (Å²) in [6, 6.07) is 0.631. The minimum absolute atomic E-state index is 0.631. The van der Waals surface area contributed by atoms with Crippen molar-refractivity contribution in [3.8, 4) is 0 Å². The molecule has 5 heteroatoms. The molecule has 0 aromatic rings. The van der Waals surface area contributed by atoms with E-state index in [1.165, 1.54) is 12.8 Å². The van der Waals surface area contributed by atoms with Gasteiger partial charge in [0.15, 0.2) is 0 Å². The van der Waals surface area contributed by atoms with Crippen LogP contribution in [0.3, 0.4) is 0 Å². The van der Waals surface area contributed by atoms with E-state index < -0.39 is 0 Å². The van der Waals surface area contributed by atoms with E-state index in [2.05, 4.69) is 15.3 Å². The number of ether oxygens (including phenoxy) is 1. The highest BCUT2D eigenvalue weighted by Gasteiger charge is 2.27. The summed E-state index contributed by atoms with van der Waals surface area (Å²) in [5, 5.41) is 0. The topological polar surface area (TPSA) is 62.9 Å². The van der Waals surface area contributed by atoms with E-state index in [0.717, 1.165) is 32.1 Å². The summed E-state index contributed by atoms with van der Waals surface area (Å²) in [6.45, 7) is 4.30. The molecule has 1 aliphatic carbocycles. The second-order valence-electron chi connectivity index (χ2n) is 3.74. The van der Waals surface area contributed by atoms with Crippen LogP contribution in [0.2, 0.25) is 0 Å². The number of nitrogens with zero attached hydrogens (tertiary/aromatic N) is 2. The number of aliphatic imine (C=N–C) groups is 1. The Hall–Kier alpha value is -0.810. The lowest BCUT2D eigenvalue weighted by Gasteiger charge is -2.19. The summed E-state index contributed by atoms with van der Waals surface area (Å²) in [6.07, 6.45) is 3.43. The van der Waals surface area contributed by atoms with Gasteiger partial charge in [-0.15, -0.1) is 0 Å². The molecule has 0 aromatic heterocycles. The Morgan fingerprint density at radius 3 is 2.87 bits per heavy atom. The van der Waals surface area contributed by atoms with Gasteiger partial charge >= 0.3 is 0 Å². The van der Waals surface area contributed by atoms with Gasteiger partial charge in [-0.1, -0.05) is 0 Å². The highest BCUT2D eigenvalue weighted by molar-refractivity contribution is 5.79. The fraction of sp³-hybridized carbons (Fsp3) is 0.900. The first kappa shape index (κ1) is 12.3. The number of nitrogens with one attached hydrogen (secondary N) is 1. The van der Waals surface area contributed by atoms with Gasteiger partial charge in [0.05, 0.1) is 0 Å². The summed E-state index contributed by atoms with van der Waals surface area (Å²) in [5.74, 6) is 6.21. The lowest BCUT2D eigenvalue weighted by Crippen LogP contribution is -2.44. The van der Waals surface area contributed by atoms with Crippen LogP contribution in [0.1, 0.15) is 26.2 Å². The third-order valence-corrected chi connectivity index (χ3v) is 2.47. The van der Waals surface area contributed by atoms with Gasteiger partial charge in [-0.2, -0.15) is 0 Å². The molecule has 15 heavy (non-hydrogen) atoms. The second kappa shape index (κ2) is 6.63. The first-order valence-corrected chi connectivity index (χ1v) is 5.61. The van der Waals surface area contributed by atoms with Crippen LogP contribution in [0.4, 0.5) is 0 Å². The van der Waals surface area contributed by atoms with Crippen LogP contribution in [0.25, 0.3) is 0 Å². The predicted molar refractivity (Wildman–Crippen MR) is 61.5 cm³/mol. The molecule has 1 fully saturated rings. The fourth-order valence-electron chi connectivity index (χ4n) is 1.39. The minimum atomic E-state index is 0.631. The highest BCUT2D eigenvalue weighted by Crippen LogP contribution is 2.25. The Labute approximate surface area is 91.6 Å². The third-order valence-electron chi connectivity index (χ3n) is 2.47. The molecule has 1 aliphatic rings. The lowest BCUT2D eigenvalue weighted by molar-refractivity contribution is 0.146. The van der Waals surface area contributed by atoms with E-state index in [9.17, 15) is 0 Å². The Kier molecular flexibility index (Phi) is 5.42. The summed E-state index contributed by atoms with van der Waals surface area (Å²) in [5.41, 5.74) is 2.65. The maximum Gasteiger partial charge on any atom is 0.208 e. The Morgan fingerprint density at radius 1 is 1.60 bits per heavy atom. The molecule has 0 spiro atoms. The number of guanidine groups is 1. The Bertz CT molecular complexity index is 204. The molecule has 1 saturated carbocycles. The maximum absolute atomic E-state index is 5.43. The first-order chi connectivity index (χ1) is 7.29. The average Bonchev–Trinajstić information content (AvgIpc) is 3.06. The third kappa shape index (κ3) is 4.48. The van der Waals surface area contributed by atoms with E-state index in [4.69, 9.17) is 10.6 Å². The van der Waals surface area contributed by atoms with Crippen LogP contribution in [-0.4, -0.2) is 43.7 Å².